The highest BCUT2D eigenvalue weighted by molar-refractivity contribution is 6.31. The van der Waals surface area contributed by atoms with Gasteiger partial charge >= 0.3 is 5.97 Å². The second-order valence-corrected chi connectivity index (χ2v) is 6.75. The predicted octanol–water partition coefficient (Wildman–Crippen LogP) is 4.44. The fraction of sp³-hybridized carbons (Fsp3) is 0.238. The van der Waals surface area contributed by atoms with Gasteiger partial charge in [0.1, 0.15) is 5.82 Å². The van der Waals surface area contributed by atoms with Crippen molar-refractivity contribution in [3.8, 4) is 0 Å². The van der Waals surface area contributed by atoms with Crippen molar-refractivity contribution >= 4 is 23.5 Å². The van der Waals surface area contributed by atoms with E-state index in [-0.39, 0.29) is 18.9 Å². The number of methoxy groups -OCH3 is 1. The van der Waals surface area contributed by atoms with Gasteiger partial charge in [-0.3, -0.25) is 4.79 Å². The summed E-state index contributed by atoms with van der Waals surface area (Å²) in [5.74, 6) is -1.63. The van der Waals surface area contributed by atoms with Crippen molar-refractivity contribution in [1.82, 2.24) is 4.90 Å². The molecule has 2 aromatic carbocycles. The van der Waals surface area contributed by atoms with Crippen molar-refractivity contribution in [3.63, 3.8) is 0 Å². The van der Waals surface area contributed by atoms with Crippen LogP contribution >= 0.6 is 11.6 Å². The van der Waals surface area contributed by atoms with E-state index in [0.29, 0.717) is 27.4 Å². The molecule has 0 N–H and O–H groups in total. The van der Waals surface area contributed by atoms with Gasteiger partial charge in [0.05, 0.1) is 19.2 Å². The normalized spacial score (nSPS) is 17.3. The van der Waals surface area contributed by atoms with Gasteiger partial charge in [-0.15, -0.1) is 0 Å². The number of nitrogens with zero attached hydrogens (tertiary/aromatic N) is 1. The van der Waals surface area contributed by atoms with Crippen LogP contribution in [0.15, 0.2) is 59.8 Å². The fourth-order valence-electron chi connectivity index (χ4n) is 3.40. The lowest BCUT2D eigenvalue weighted by Crippen LogP contribution is -2.38. The molecule has 1 aliphatic heterocycles. The number of halogens is 2. The molecular weight excluding hydrogens is 369 g/mol. The Bertz CT molecular complexity index is 925. The average molecular weight is 388 g/mol. The van der Waals surface area contributed by atoms with Crippen molar-refractivity contribution in [2.24, 2.45) is 0 Å². The first-order chi connectivity index (χ1) is 12.9. The molecule has 27 heavy (non-hydrogen) atoms. The minimum absolute atomic E-state index is 0.0487. The zero-order chi connectivity index (χ0) is 19.6. The quantitative estimate of drug-likeness (QED) is 0.728. The van der Waals surface area contributed by atoms with Crippen LogP contribution in [0.2, 0.25) is 5.02 Å². The summed E-state index contributed by atoms with van der Waals surface area (Å²) in [6, 6.07) is 13.4. The molecule has 1 atom stereocenters. The van der Waals surface area contributed by atoms with E-state index in [2.05, 4.69) is 0 Å². The lowest BCUT2D eigenvalue weighted by Gasteiger charge is -2.34. The van der Waals surface area contributed by atoms with E-state index in [0.717, 1.165) is 0 Å². The minimum atomic E-state index is -0.525. The van der Waals surface area contributed by atoms with Gasteiger partial charge in [-0.25, -0.2) is 9.18 Å². The first-order valence-corrected chi connectivity index (χ1v) is 8.89. The van der Waals surface area contributed by atoms with Crippen LogP contribution in [-0.4, -0.2) is 23.9 Å². The van der Waals surface area contributed by atoms with E-state index in [1.165, 1.54) is 18.1 Å². The Morgan fingerprint density at radius 3 is 2.56 bits per heavy atom. The molecule has 0 unspecified atom stereocenters. The summed E-state index contributed by atoms with van der Waals surface area (Å²) >= 11 is 6.30. The van der Waals surface area contributed by atoms with Gasteiger partial charge in [-0.1, -0.05) is 48.0 Å². The Balaban J connectivity index is 2.07. The highest BCUT2D eigenvalue weighted by Gasteiger charge is 2.37. The molecule has 1 heterocycles. The second kappa shape index (κ2) is 7.92. The number of esters is 1. The molecule has 1 amide bonds. The Labute approximate surface area is 162 Å². The van der Waals surface area contributed by atoms with Crippen LogP contribution in [-0.2, 0) is 20.9 Å². The van der Waals surface area contributed by atoms with Crippen molar-refractivity contribution < 1.29 is 18.7 Å². The molecule has 0 spiro atoms. The van der Waals surface area contributed by atoms with Crippen LogP contribution in [0.4, 0.5) is 4.39 Å². The van der Waals surface area contributed by atoms with Gasteiger partial charge < -0.3 is 9.64 Å². The fourth-order valence-corrected chi connectivity index (χ4v) is 3.67. The van der Waals surface area contributed by atoms with E-state index in [1.54, 1.807) is 43.3 Å². The first-order valence-electron chi connectivity index (χ1n) is 8.51. The van der Waals surface area contributed by atoms with Gasteiger partial charge in [0.25, 0.3) is 0 Å². The van der Waals surface area contributed by atoms with E-state index in [4.69, 9.17) is 16.3 Å². The monoisotopic (exact) mass is 387 g/mol. The molecule has 0 radical (unpaired) electrons. The van der Waals surface area contributed by atoms with Crippen molar-refractivity contribution in [1.29, 1.82) is 0 Å². The van der Waals surface area contributed by atoms with Gasteiger partial charge in [0.15, 0.2) is 0 Å². The number of carbonyl (C=O) groups is 2. The van der Waals surface area contributed by atoms with E-state index in [1.807, 2.05) is 6.07 Å². The SMILES string of the molecule is COC(=O)C1=C(C)N(Cc2ccccc2F)C(=O)C[C@@H]1c1ccccc1Cl. The number of ether oxygens (including phenoxy) is 1. The molecule has 0 aliphatic carbocycles. The van der Waals surface area contributed by atoms with E-state index < -0.39 is 17.7 Å². The molecule has 1 aliphatic rings. The zero-order valence-corrected chi connectivity index (χ0v) is 15.8. The van der Waals surface area contributed by atoms with Crippen LogP contribution in [0.3, 0.4) is 0 Å². The highest BCUT2D eigenvalue weighted by atomic mass is 35.5. The number of amides is 1. The molecule has 140 valence electrons. The average Bonchev–Trinajstić information content (AvgIpc) is 2.66. The second-order valence-electron chi connectivity index (χ2n) is 6.34. The Hall–Kier alpha value is -2.66. The molecule has 0 aromatic heterocycles. The molecule has 6 heteroatoms. The van der Waals surface area contributed by atoms with Crippen LogP contribution in [0.1, 0.15) is 30.4 Å². The van der Waals surface area contributed by atoms with Crippen LogP contribution in [0.25, 0.3) is 0 Å². The minimum Gasteiger partial charge on any atom is -0.466 e. The first kappa shape index (κ1) is 19.1. The van der Waals surface area contributed by atoms with Crippen LogP contribution in [0, 0.1) is 5.82 Å². The maximum Gasteiger partial charge on any atom is 0.336 e. The molecule has 2 aromatic rings. The molecule has 0 fully saturated rings. The standard InChI is InChI=1S/C21H19ClFNO3/c1-13-20(21(26)27-2)16(15-8-4-5-9-17(15)22)11-19(25)24(13)12-14-7-3-6-10-18(14)23/h3-10,16H,11-12H2,1-2H3/t16-/m1/s1. The smallest absolute Gasteiger partial charge is 0.336 e. The zero-order valence-electron chi connectivity index (χ0n) is 15.0. The maximum atomic E-state index is 14.1. The van der Waals surface area contributed by atoms with Gasteiger partial charge in [-0.2, -0.15) is 0 Å². The lowest BCUT2D eigenvalue weighted by molar-refractivity contribution is -0.138. The van der Waals surface area contributed by atoms with Crippen LogP contribution < -0.4 is 0 Å². The predicted molar refractivity (Wildman–Crippen MR) is 100 cm³/mol. The lowest BCUT2D eigenvalue weighted by atomic mass is 9.83. The molecular formula is C21H19ClFNO3. The third kappa shape index (κ3) is 3.74. The number of hydrogen-bond acceptors (Lipinski definition) is 3. The summed E-state index contributed by atoms with van der Waals surface area (Å²) in [5, 5.41) is 0.479. The number of benzene rings is 2. The Kier molecular flexibility index (Phi) is 5.61. The van der Waals surface area contributed by atoms with Gasteiger partial charge in [0.2, 0.25) is 5.91 Å². The summed E-state index contributed by atoms with van der Waals surface area (Å²) in [4.78, 5) is 26.8. The molecule has 0 saturated carbocycles. The van der Waals surface area contributed by atoms with E-state index in [9.17, 15) is 14.0 Å². The van der Waals surface area contributed by atoms with Gasteiger partial charge in [-0.05, 0) is 24.6 Å². The molecule has 0 saturated heterocycles. The number of hydrogen-bond donors (Lipinski definition) is 0. The highest BCUT2D eigenvalue weighted by Crippen LogP contribution is 2.40. The van der Waals surface area contributed by atoms with Gasteiger partial charge in [0, 0.05) is 28.6 Å². The van der Waals surface area contributed by atoms with E-state index >= 15 is 0 Å². The third-order valence-corrected chi connectivity index (χ3v) is 5.14. The van der Waals surface area contributed by atoms with Crippen LogP contribution in [0.5, 0.6) is 0 Å². The topological polar surface area (TPSA) is 46.6 Å². The summed E-state index contributed by atoms with van der Waals surface area (Å²) in [7, 11) is 1.30. The number of allylic oxidation sites excluding steroid dienone is 1. The van der Waals surface area contributed by atoms with Crippen molar-refractivity contribution in [2.75, 3.05) is 7.11 Å². The Morgan fingerprint density at radius 1 is 1.22 bits per heavy atom. The summed E-state index contributed by atoms with van der Waals surface area (Å²) in [6.07, 6.45) is 0.0555. The maximum absolute atomic E-state index is 14.1. The molecule has 3 rings (SSSR count). The summed E-state index contributed by atoms with van der Waals surface area (Å²) < 4.78 is 19.0. The number of rotatable bonds is 4. The molecule has 4 nitrogen and oxygen atoms in total. The van der Waals surface area contributed by atoms with Crippen molar-refractivity contribution in [2.45, 2.75) is 25.8 Å². The summed E-state index contributed by atoms with van der Waals surface area (Å²) in [5.41, 5.74) is 1.89. The number of carbonyl (C=O) groups excluding carboxylic acids is 2. The largest absolute Gasteiger partial charge is 0.466 e. The van der Waals surface area contributed by atoms with Crippen molar-refractivity contribution in [3.05, 3.63) is 81.8 Å². The molecule has 0 bridgehead atoms. The summed E-state index contributed by atoms with van der Waals surface area (Å²) in [6.45, 7) is 1.72. The Morgan fingerprint density at radius 2 is 1.89 bits per heavy atom. The third-order valence-electron chi connectivity index (χ3n) is 4.80.